The van der Waals surface area contributed by atoms with Crippen molar-refractivity contribution >= 4 is 17.8 Å². The molecule has 2 heterocycles. The number of rotatable bonds is 2. The van der Waals surface area contributed by atoms with Crippen LogP contribution < -0.4 is 0 Å². The van der Waals surface area contributed by atoms with Gasteiger partial charge in [-0.25, -0.2) is 0 Å². The van der Waals surface area contributed by atoms with Crippen molar-refractivity contribution in [2.75, 3.05) is 33.9 Å². The standard InChI is InChI=1S/C13H20N2O4/c1-18-12(16)9-8-14-11(10(9)13(17)19-2)15-6-4-3-5-7-15/h9-10H,3-8H2,1-2H3/t9-,10+/m0/s1. The van der Waals surface area contributed by atoms with E-state index >= 15 is 0 Å². The molecule has 0 aliphatic carbocycles. The van der Waals surface area contributed by atoms with Crippen LogP contribution in [-0.2, 0) is 19.1 Å². The molecule has 0 saturated carbocycles. The fraction of sp³-hybridized carbons (Fsp3) is 0.769. The molecule has 0 unspecified atom stereocenters. The molecular weight excluding hydrogens is 248 g/mol. The van der Waals surface area contributed by atoms with Crippen molar-refractivity contribution in [3.63, 3.8) is 0 Å². The van der Waals surface area contributed by atoms with E-state index < -0.39 is 23.8 Å². The van der Waals surface area contributed by atoms with Crippen molar-refractivity contribution in [3.8, 4) is 0 Å². The van der Waals surface area contributed by atoms with Gasteiger partial charge in [-0.15, -0.1) is 0 Å². The highest BCUT2D eigenvalue weighted by molar-refractivity contribution is 6.06. The fourth-order valence-corrected chi connectivity index (χ4v) is 2.75. The van der Waals surface area contributed by atoms with Crippen LogP contribution in [0.1, 0.15) is 19.3 Å². The van der Waals surface area contributed by atoms with Crippen LogP contribution in [0.3, 0.4) is 0 Å². The van der Waals surface area contributed by atoms with Gasteiger partial charge in [-0.05, 0) is 19.3 Å². The van der Waals surface area contributed by atoms with E-state index in [1.165, 1.54) is 20.6 Å². The summed E-state index contributed by atoms with van der Waals surface area (Å²) >= 11 is 0. The third-order valence-corrected chi connectivity index (χ3v) is 3.77. The predicted molar refractivity (Wildman–Crippen MR) is 68.7 cm³/mol. The second-order valence-electron chi connectivity index (χ2n) is 4.88. The monoisotopic (exact) mass is 268 g/mol. The minimum absolute atomic E-state index is 0.304. The van der Waals surface area contributed by atoms with Gasteiger partial charge >= 0.3 is 11.9 Å². The van der Waals surface area contributed by atoms with Crippen LogP contribution in [0.15, 0.2) is 4.99 Å². The highest BCUT2D eigenvalue weighted by atomic mass is 16.5. The Bertz CT molecular complexity index is 388. The molecule has 106 valence electrons. The van der Waals surface area contributed by atoms with Crippen LogP contribution in [0, 0.1) is 11.8 Å². The van der Waals surface area contributed by atoms with Gasteiger partial charge in [0.25, 0.3) is 0 Å². The van der Waals surface area contributed by atoms with Crippen LogP contribution in [0.25, 0.3) is 0 Å². The smallest absolute Gasteiger partial charge is 0.317 e. The summed E-state index contributed by atoms with van der Waals surface area (Å²) in [6.07, 6.45) is 3.39. The van der Waals surface area contributed by atoms with Crippen molar-refractivity contribution in [1.82, 2.24) is 4.90 Å². The van der Waals surface area contributed by atoms with Gasteiger partial charge in [-0.1, -0.05) is 0 Å². The zero-order valence-corrected chi connectivity index (χ0v) is 11.4. The Hall–Kier alpha value is -1.59. The third kappa shape index (κ3) is 2.72. The Morgan fingerprint density at radius 3 is 2.32 bits per heavy atom. The number of methoxy groups -OCH3 is 2. The van der Waals surface area contributed by atoms with E-state index in [2.05, 4.69) is 9.89 Å². The van der Waals surface area contributed by atoms with Gasteiger partial charge in [-0.3, -0.25) is 14.6 Å². The first-order valence-electron chi connectivity index (χ1n) is 6.64. The number of ether oxygens (including phenoxy) is 2. The van der Waals surface area contributed by atoms with Crippen LogP contribution in [-0.4, -0.2) is 56.5 Å². The number of nitrogens with zero attached hydrogens (tertiary/aromatic N) is 2. The zero-order valence-electron chi connectivity index (χ0n) is 11.4. The van der Waals surface area contributed by atoms with Crippen molar-refractivity contribution < 1.29 is 19.1 Å². The van der Waals surface area contributed by atoms with Gasteiger partial charge in [0.1, 0.15) is 11.8 Å². The zero-order chi connectivity index (χ0) is 13.8. The number of aliphatic imine (C=N–C) groups is 1. The van der Waals surface area contributed by atoms with E-state index in [0.717, 1.165) is 25.9 Å². The maximum atomic E-state index is 12.0. The molecule has 0 aromatic carbocycles. The predicted octanol–water partition coefficient (Wildman–Crippen LogP) is 0.463. The third-order valence-electron chi connectivity index (χ3n) is 3.77. The summed E-state index contributed by atoms with van der Waals surface area (Å²) in [4.78, 5) is 30.2. The number of carbonyl (C=O) groups is 2. The molecule has 19 heavy (non-hydrogen) atoms. The molecule has 0 aromatic heterocycles. The Balaban J connectivity index is 2.17. The molecule has 0 amide bonds. The molecule has 2 aliphatic heterocycles. The lowest BCUT2D eigenvalue weighted by Gasteiger charge is -2.31. The first-order chi connectivity index (χ1) is 9.19. The van der Waals surface area contributed by atoms with Gasteiger partial charge in [0.15, 0.2) is 0 Å². The van der Waals surface area contributed by atoms with Gasteiger partial charge in [0.2, 0.25) is 0 Å². The normalized spacial score (nSPS) is 26.8. The number of esters is 2. The fourth-order valence-electron chi connectivity index (χ4n) is 2.75. The summed E-state index contributed by atoms with van der Waals surface area (Å²) < 4.78 is 9.58. The molecule has 0 radical (unpaired) electrons. The van der Waals surface area contributed by atoms with Gasteiger partial charge in [-0.2, -0.15) is 0 Å². The molecule has 1 fully saturated rings. The van der Waals surface area contributed by atoms with Crippen molar-refractivity contribution in [1.29, 1.82) is 0 Å². The van der Waals surface area contributed by atoms with Crippen LogP contribution in [0.4, 0.5) is 0 Å². The van der Waals surface area contributed by atoms with Gasteiger partial charge < -0.3 is 14.4 Å². The van der Waals surface area contributed by atoms with E-state index in [4.69, 9.17) is 9.47 Å². The molecule has 2 atom stereocenters. The molecule has 0 bridgehead atoms. The molecule has 1 saturated heterocycles. The Morgan fingerprint density at radius 1 is 1.11 bits per heavy atom. The second kappa shape index (κ2) is 6.04. The maximum absolute atomic E-state index is 12.0. The summed E-state index contributed by atoms with van der Waals surface area (Å²) in [6, 6.07) is 0. The minimum Gasteiger partial charge on any atom is -0.469 e. The van der Waals surface area contributed by atoms with Gasteiger partial charge in [0.05, 0.1) is 26.7 Å². The van der Waals surface area contributed by atoms with E-state index in [-0.39, 0.29) is 0 Å². The molecule has 0 aromatic rings. The average molecular weight is 268 g/mol. The van der Waals surface area contributed by atoms with Crippen molar-refractivity contribution in [2.45, 2.75) is 19.3 Å². The number of likely N-dealkylation sites (tertiary alicyclic amines) is 1. The number of piperidine rings is 1. The first kappa shape index (κ1) is 13.8. The quantitative estimate of drug-likeness (QED) is 0.681. The lowest BCUT2D eigenvalue weighted by atomic mass is 9.92. The van der Waals surface area contributed by atoms with E-state index in [1.54, 1.807) is 0 Å². The summed E-state index contributed by atoms with van der Waals surface area (Å²) in [5, 5.41) is 0. The van der Waals surface area contributed by atoms with Crippen LogP contribution >= 0.6 is 0 Å². The summed E-state index contributed by atoms with van der Waals surface area (Å²) in [7, 11) is 2.67. The number of hydrogen-bond acceptors (Lipinski definition) is 6. The van der Waals surface area contributed by atoms with E-state index in [1.807, 2.05) is 0 Å². The highest BCUT2D eigenvalue weighted by Crippen LogP contribution is 2.27. The van der Waals surface area contributed by atoms with E-state index in [9.17, 15) is 9.59 Å². The molecule has 2 rings (SSSR count). The highest BCUT2D eigenvalue weighted by Gasteiger charge is 2.45. The second-order valence-corrected chi connectivity index (χ2v) is 4.88. The topological polar surface area (TPSA) is 68.2 Å². The lowest BCUT2D eigenvalue weighted by Crippen LogP contribution is -2.44. The maximum Gasteiger partial charge on any atom is 0.317 e. The molecular formula is C13H20N2O4. The number of amidine groups is 1. The summed E-state index contributed by atoms with van der Waals surface area (Å²) in [5.41, 5.74) is 0. The molecule has 0 spiro atoms. The first-order valence-corrected chi connectivity index (χ1v) is 6.64. The number of carbonyl (C=O) groups excluding carboxylic acids is 2. The molecule has 6 nitrogen and oxygen atoms in total. The molecule has 2 aliphatic rings. The Labute approximate surface area is 112 Å². The molecule has 0 N–H and O–H groups in total. The van der Waals surface area contributed by atoms with Crippen molar-refractivity contribution in [2.24, 2.45) is 16.8 Å². The minimum atomic E-state index is -0.615. The number of hydrogen-bond donors (Lipinski definition) is 0. The largest absolute Gasteiger partial charge is 0.469 e. The van der Waals surface area contributed by atoms with Crippen LogP contribution in [0.5, 0.6) is 0 Å². The average Bonchev–Trinajstić information content (AvgIpc) is 2.91. The molecule has 6 heteroatoms. The Morgan fingerprint density at radius 2 is 1.74 bits per heavy atom. The van der Waals surface area contributed by atoms with E-state index in [0.29, 0.717) is 12.4 Å². The summed E-state index contributed by atoms with van der Waals surface area (Å²) in [6.45, 7) is 2.08. The van der Waals surface area contributed by atoms with Gasteiger partial charge in [0, 0.05) is 13.1 Å². The van der Waals surface area contributed by atoms with Crippen LogP contribution in [0.2, 0.25) is 0 Å². The lowest BCUT2D eigenvalue weighted by molar-refractivity contribution is -0.154. The van der Waals surface area contributed by atoms with Crippen molar-refractivity contribution in [3.05, 3.63) is 0 Å². The summed E-state index contributed by atoms with van der Waals surface area (Å²) in [5.74, 6) is -1.27. The Kier molecular flexibility index (Phi) is 4.39. The SMILES string of the molecule is COC(=O)[C@H]1C(N2CCCCC2)=NC[C@@H]1C(=O)OC.